The molecule has 6 heteroatoms. The maximum absolute atomic E-state index is 12.3. The number of hydrogen-bond donors (Lipinski definition) is 2. The van der Waals surface area contributed by atoms with Crippen LogP contribution in [0.1, 0.15) is 23.7 Å². The van der Waals surface area contributed by atoms with E-state index in [0.29, 0.717) is 25.2 Å². The molecule has 106 valence electrons. The number of phenols is 1. The van der Waals surface area contributed by atoms with Crippen LogP contribution in [0.5, 0.6) is 5.75 Å². The highest BCUT2D eigenvalue weighted by Gasteiger charge is 2.35. The second kappa shape index (κ2) is 6.11. The van der Waals surface area contributed by atoms with E-state index in [9.17, 15) is 9.90 Å². The number of rotatable bonds is 2. The van der Waals surface area contributed by atoms with Crippen molar-refractivity contribution in [2.45, 2.75) is 13.3 Å². The van der Waals surface area contributed by atoms with E-state index in [1.54, 1.807) is 17.0 Å². The third-order valence-corrected chi connectivity index (χ3v) is 4.02. The van der Waals surface area contributed by atoms with E-state index in [0.717, 1.165) is 10.9 Å². The highest BCUT2D eigenvalue weighted by molar-refractivity contribution is 9.10. The summed E-state index contributed by atoms with van der Waals surface area (Å²) in [6.45, 7) is 4.00. The second-order valence-corrected chi connectivity index (χ2v) is 6.07. The summed E-state index contributed by atoms with van der Waals surface area (Å²) in [5.41, 5.74) is 6.06. The minimum Gasteiger partial charge on any atom is -0.507 e. The first-order valence-electron chi connectivity index (χ1n) is 5.93. The van der Waals surface area contributed by atoms with Crippen LogP contribution in [-0.2, 0) is 0 Å². The van der Waals surface area contributed by atoms with E-state index in [-0.39, 0.29) is 29.5 Å². The van der Waals surface area contributed by atoms with Gasteiger partial charge in [-0.1, -0.05) is 22.9 Å². The van der Waals surface area contributed by atoms with Crippen LogP contribution in [-0.4, -0.2) is 35.5 Å². The van der Waals surface area contributed by atoms with E-state index in [1.807, 2.05) is 0 Å². The zero-order chi connectivity index (χ0) is 13.3. The molecule has 0 aromatic heterocycles. The molecule has 1 saturated heterocycles. The molecule has 1 atom stereocenters. The summed E-state index contributed by atoms with van der Waals surface area (Å²) >= 11 is 3.31. The van der Waals surface area contributed by atoms with Gasteiger partial charge in [0.1, 0.15) is 5.75 Å². The molecule has 0 saturated carbocycles. The summed E-state index contributed by atoms with van der Waals surface area (Å²) in [6, 6.07) is 4.88. The number of phenolic OH excluding ortho intramolecular Hbond substituents is 1. The van der Waals surface area contributed by atoms with Crippen LogP contribution >= 0.6 is 28.3 Å². The number of amides is 1. The molecule has 1 aromatic carbocycles. The number of nitrogens with two attached hydrogens (primary N) is 1. The number of benzene rings is 1. The zero-order valence-corrected chi connectivity index (χ0v) is 13.1. The average molecular weight is 350 g/mol. The van der Waals surface area contributed by atoms with Crippen LogP contribution in [0.2, 0.25) is 0 Å². The van der Waals surface area contributed by atoms with Crippen LogP contribution in [0.3, 0.4) is 0 Å². The third-order valence-electron chi connectivity index (χ3n) is 3.53. The van der Waals surface area contributed by atoms with Gasteiger partial charge in [-0.2, -0.15) is 0 Å². The van der Waals surface area contributed by atoms with Gasteiger partial charge in [0.05, 0.1) is 5.56 Å². The van der Waals surface area contributed by atoms with Gasteiger partial charge in [0.15, 0.2) is 0 Å². The lowest BCUT2D eigenvalue weighted by Crippen LogP contribution is -2.34. The van der Waals surface area contributed by atoms with E-state index in [2.05, 4.69) is 22.9 Å². The molecule has 2 rings (SSSR count). The van der Waals surface area contributed by atoms with E-state index >= 15 is 0 Å². The maximum atomic E-state index is 12.3. The Balaban J connectivity index is 0.00000180. The van der Waals surface area contributed by atoms with Gasteiger partial charge >= 0.3 is 0 Å². The molecule has 0 spiro atoms. The van der Waals surface area contributed by atoms with Crippen molar-refractivity contribution in [3.63, 3.8) is 0 Å². The summed E-state index contributed by atoms with van der Waals surface area (Å²) in [5, 5.41) is 9.76. The lowest BCUT2D eigenvalue weighted by Gasteiger charge is -2.22. The Morgan fingerprint density at radius 3 is 2.84 bits per heavy atom. The Kier molecular flexibility index (Phi) is 5.24. The van der Waals surface area contributed by atoms with Gasteiger partial charge in [0, 0.05) is 17.6 Å². The normalized spacial score (nSPS) is 22.2. The fourth-order valence-electron chi connectivity index (χ4n) is 2.21. The highest BCUT2D eigenvalue weighted by Crippen LogP contribution is 2.31. The summed E-state index contributed by atoms with van der Waals surface area (Å²) in [7, 11) is 0. The molecule has 0 radical (unpaired) electrons. The molecule has 1 amide bonds. The van der Waals surface area contributed by atoms with Crippen molar-refractivity contribution in [2.24, 2.45) is 11.1 Å². The number of carbonyl (C=O) groups is 1. The Hall–Kier alpha value is -0.780. The average Bonchev–Trinajstić information content (AvgIpc) is 2.75. The minimum atomic E-state index is -0.133. The lowest BCUT2D eigenvalue weighted by atomic mass is 9.90. The van der Waals surface area contributed by atoms with Crippen molar-refractivity contribution in [3.8, 4) is 5.75 Å². The Morgan fingerprint density at radius 2 is 2.26 bits per heavy atom. The van der Waals surface area contributed by atoms with Gasteiger partial charge < -0.3 is 15.7 Å². The predicted octanol–water partition coefficient (Wildman–Crippen LogP) is 2.39. The molecule has 4 nitrogen and oxygen atoms in total. The van der Waals surface area contributed by atoms with Gasteiger partial charge in [-0.25, -0.2) is 0 Å². The minimum absolute atomic E-state index is 0. The van der Waals surface area contributed by atoms with E-state index in [1.165, 1.54) is 6.07 Å². The number of carbonyl (C=O) groups excluding carboxylic acids is 1. The first kappa shape index (κ1) is 16.3. The fraction of sp³-hybridized carbons (Fsp3) is 0.462. The standard InChI is InChI=1S/C13H17BrN2O2.ClH/c1-13(7-15)4-5-16(8-13)12(18)10-6-9(14)2-3-11(10)17;/h2-3,6,17H,4-5,7-8,15H2,1H3;1H. The maximum Gasteiger partial charge on any atom is 0.257 e. The Labute approximate surface area is 127 Å². The first-order valence-corrected chi connectivity index (χ1v) is 6.72. The Morgan fingerprint density at radius 1 is 1.58 bits per heavy atom. The van der Waals surface area contributed by atoms with Crippen molar-refractivity contribution in [1.82, 2.24) is 4.90 Å². The van der Waals surface area contributed by atoms with Crippen molar-refractivity contribution in [1.29, 1.82) is 0 Å². The smallest absolute Gasteiger partial charge is 0.257 e. The molecule has 1 unspecified atom stereocenters. The van der Waals surface area contributed by atoms with E-state index in [4.69, 9.17) is 5.73 Å². The van der Waals surface area contributed by atoms with Crippen molar-refractivity contribution in [3.05, 3.63) is 28.2 Å². The number of hydrogen-bond acceptors (Lipinski definition) is 3. The molecule has 19 heavy (non-hydrogen) atoms. The van der Waals surface area contributed by atoms with Crippen molar-refractivity contribution in [2.75, 3.05) is 19.6 Å². The van der Waals surface area contributed by atoms with Crippen LogP contribution < -0.4 is 5.73 Å². The monoisotopic (exact) mass is 348 g/mol. The molecule has 0 bridgehead atoms. The summed E-state index contributed by atoms with van der Waals surface area (Å²) in [5.74, 6) is -0.115. The molecule has 1 aliphatic heterocycles. The molecule has 1 aromatic rings. The zero-order valence-electron chi connectivity index (χ0n) is 10.7. The SMILES string of the molecule is CC1(CN)CCN(C(=O)c2cc(Br)ccc2O)C1.Cl. The number of halogens is 2. The number of likely N-dealkylation sites (tertiary alicyclic amines) is 1. The molecule has 3 N–H and O–H groups in total. The van der Waals surface area contributed by atoms with E-state index < -0.39 is 0 Å². The molecule has 1 fully saturated rings. The van der Waals surface area contributed by atoms with Crippen molar-refractivity contribution >= 4 is 34.2 Å². The summed E-state index contributed by atoms with van der Waals surface area (Å²) in [4.78, 5) is 14.1. The van der Waals surface area contributed by atoms with Crippen LogP contribution in [0.4, 0.5) is 0 Å². The fourth-order valence-corrected chi connectivity index (χ4v) is 2.57. The van der Waals surface area contributed by atoms with Gasteiger partial charge in [0.25, 0.3) is 5.91 Å². The summed E-state index contributed by atoms with van der Waals surface area (Å²) < 4.78 is 0.782. The van der Waals surface area contributed by atoms with Gasteiger partial charge in [0.2, 0.25) is 0 Å². The molecular weight excluding hydrogens is 332 g/mol. The van der Waals surface area contributed by atoms with Crippen LogP contribution in [0.15, 0.2) is 22.7 Å². The quantitative estimate of drug-likeness (QED) is 0.861. The lowest BCUT2D eigenvalue weighted by molar-refractivity contribution is 0.0774. The van der Waals surface area contributed by atoms with Crippen LogP contribution in [0, 0.1) is 5.41 Å². The topological polar surface area (TPSA) is 66.6 Å². The third kappa shape index (κ3) is 3.41. The van der Waals surface area contributed by atoms with Gasteiger partial charge in [-0.3, -0.25) is 4.79 Å². The van der Waals surface area contributed by atoms with Gasteiger partial charge in [-0.05, 0) is 36.6 Å². The summed E-state index contributed by atoms with van der Waals surface area (Å²) in [6.07, 6.45) is 0.907. The second-order valence-electron chi connectivity index (χ2n) is 5.15. The number of nitrogens with zero attached hydrogens (tertiary/aromatic N) is 1. The molecule has 1 heterocycles. The molecule has 0 aliphatic carbocycles. The first-order chi connectivity index (χ1) is 8.45. The largest absolute Gasteiger partial charge is 0.507 e. The van der Waals surface area contributed by atoms with Gasteiger partial charge in [-0.15, -0.1) is 12.4 Å². The van der Waals surface area contributed by atoms with Crippen LogP contribution in [0.25, 0.3) is 0 Å². The predicted molar refractivity (Wildman–Crippen MR) is 80.7 cm³/mol. The molecule has 1 aliphatic rings. The number of aromatic hydroxyl groups is 1. The Bertz CT molecular complexity index is 484. The molecular formula is C13H18BrClN2O2. The van der Waals surface area contributed by atoms with Crippen molar-refractivity contribution < 1.29 is 9.90 Å². The highest BCUT2D eigenvalue weighted by atomic mass is 79.9.